The Hall–Kier alpha value is -6.02. The number of rotatable bonds is 13. The largest absolute Gasteiger partial charge is 0.474 e. The van der Waals surface area contributed by atoms with Gasteiger partial charge in [0.15, 0.2) is 0 Å². The Kier molecular flexibility index (Phi) is 11.7. The molecule has 0 saturated carbocycles. The Bertz CT molecular complexity index is 1890. The summed E-state index contributed by atoms with van der Waals surface area (Å²) < 4.78 is 5.80. The Balaban J connectivity index is 1.20. The van der Waals surface area contributed by atoms with Gasteiger partial charge in [-0.1, -0.05) is 105 Å². The first-order valence-corrected chi connectivity index (χ1v) is 16.3. The maximum atomic E-state index is 13.4. The van der Waals surface area contributed by atoms with E-state index in [0.717, 1.165) is 23.1 Å². The third-order valence-electron chi connectivity index (χ3n) is 8.05. The number of nitrogens with zero attached hydrogens (tertiary/aromatic N) is 1. The van der Waals surface area contributed by atoms with Crippen LogP contribution in [0, 0.1) is 0 Å². The van der Waals surface area contributed by atoms with E-state index in [-0.39, 0.29) is 18.0 Å². The minimum absolute atomic E-state index is 0.111. The quantitative estimate of drug-likeness (QED) is 0.0981. The number of nitrogens with one attached hydrogen (secondary N) is 1. The van der Waals surface area contributed by atoms with E-state index in [9.17, 15) is 24.3 Å². The van der Waals surface area contributed by atoms with Gasteiger partial charge in [-0.05, 0) is 83.1 Å². The van der Waals surface area contributed by atoms with Gasteiger partial charge in [0, 0.05) is 17.7 Å². The lowest BCUT2D eigenvalue weighted by molar-refractivity contribution is -0.154. The number of ether oxygens (including phenoxy) is 1. The number of carbonyl (C=O) groups excluding carboxylic acids is 3. The standard InChI is InChI=1S/C41H38N2O6/c1-2-3-5-9-29-14-16-30(17-15-29)27-42-38(44)34-24-22-33(23-25-34)32-20-18-31(19-21-32)28-43(40(46)41(47)48)39(45)35-10-8-13-37(26-35)49-36-11-6-4-7-12-36/h4,6-8,10-26H,2-3,5,9,27-28H2,1H3,(H,42,44)(H,47,48). The predicted molar refractivity (Wildman–Crippen MR) is 188 cm³/mol. The molecule has 0 saturated heterocycles. The SMILES string of the molecule is CCCCCc1ccc(CNC(=O)c2ccc(-c3ccc(CN(C(=O)C(=O)O)C(=O)c4cccc(Oc5ccccc5)c4)cc3)cc2)cc1. The number of hydrogen-bond acceptors (Lipinski definition) is 5. The van der Waals surface area contributed by atoms with Crippen LogP contribution in [0.25, 0.3) is 11.1 Å². The number of para-hydroxylation sites is 1. The van der Waals surface area contributed by atoms with Crippen molar-refractivity contribution >= 4 is 23.7 Å². The monoisotopic (exact) mass is 654 g/mol. The molecule has 248 valence electrons. The maximum Gasteiger partial charge on any atom is 0.395 e. The Morgan fingerprint density at radius 2 is 1.27 bits per heavy atom. The van der Waals surface area contributed by atoms with Crippen molar-refractivity contribution in [3.63, 3.8) is 0 Å². The predicted octanol–water partition coefficient (Wildman–Crippen LogP) is 8.06. The van der Waals surface area contributed by atoms with Crippen LogP contribution in [-0.2, 0) is 29.1 Å². The summed E-state index contributed by atoms with van der Waals surface area (Å²) in [4.78, 5) is 51.2. The lowest BCUT2D eigenvalue weighted by Crippen LogP contribution is -2.40. The summed E-state index contributed by atoms with van der Waals surface area (Å²) in [5.41, 5.74) is 5.28. The molecular weight excluding hydrogens is 616 g/mol. The highest BCUT2D eigenvalue weighted by molar-refractivity contribution is 6.35. The number of carbonyl (C=O) groups is 4. The van der Waals surface area contributed by atoms with Crippen LogP contribution >= 0.6 is 0 Å². The zero-order chi connectivity index (χ0) is 34.6. The van der Waals surface area contributed by atoms with Gasteiger partial charge in [0.2, 0.25) is 0 Å². The Labute approximate surface area is 286 Å². The fraction of sp³-hybridized carbons (Fsp3) is 0.171. The molecule has 0 aliphatic heterocycles. The van der Waals surface area contributed by atoms with Crippen LogP contribution in [0.1, 0.15) is 63.6 Å². The summed E-state index contributed by atoms with van der Waals surface area (Å²) in [5.74, 6) is -3.06. The molecule has 5 aromatic rings. The van der Waals surface area contributed by atoms with E-state index in [1.165, 1.54) is 37.0 Å². The van der Waals surface area contributed by atoms with E-state index in [1.54, 1.807) is 48.5 Å². The summed E-state index contributed by atoms with van der Waals surface area (Å²) in [6.07, 6.45) is 4.67. The maximum absolute atomic E-state index is 13.4. The van der Waals surface area contributed by atoms with Crippen molar-refractivity contribution in [2.24, 2.45) is 0 Å². The topological polar surface area (TPSA) is 113 Å². The van der Waals surface area contributed by atoms with Crippen LogP contribution in [0.3, 0.4) is 0 Å². The molecule has 0 bridgehead atoms. The van der Waals surface area contributed by atoms with Gasteiger partial charge in [-0.2, -0.15) is 0 Å². The molecule has 0 atom stereocenters. The number of unbranched alkanes of at least 4 members (excludes halogenated alkanes) is 2. The highest BCUT2D eigenvalue weighted by atomic mass is 16.5. The molecule has 8 nitrogen and oxygen atoms in total. The molecule has 5 rings (SSSR count). The van der Waals surface area contributed by atoms with Crippen LogP contribution in [0.5, 0.6) is 11.5 Å². The van der Waals surface area contributed by atoms with Gasteiger partial charge in [0.25, 0.3) is 11.8 Å². The first-order chi connectivity index (χ1) is 23.8. The van der Waals surface area contributed by atoms with Crippen molar-refractivity contribution in [3.8, 4) is 22.6 Å². The van der Waals surface area contributed by atoms with Crippen LogP contribution in [0.15, 0.2) is 127 Å². The van der Waals surface area contributed by atoms with Crippen molar-refractivity contribution in [2.45, 2.75) is 45.7 Å². The van der Waals surface area contributed by atoms with Crippen molar-refractivity contribution < 1.29 is 29.0 Å². The summed E-state index contributed by atoms with van der Waals surface area (Å²) in [5, 5.41) is 12.4. The number of aliphatic carboxylic acids is 1. The second-order valence-electron chi connectivity index (χ2n) is 11.7. The van der Waals surface area contributed by atoms with Crippen LogP contribution in [0.4, 0.5) is 0 Å². The van der Waals surface area contributed by atoms with Gasteiger partial charge in [0.1, 0.15) is 11.5 Å². The van der Waals surface area contributed by atoms with Crippen molar-refractivity contribution in [2.75, 3.05) is 0 Å². The fourth-order valence-electron chi connectivity index (χ4n) is 5.31. The first-order valence-electron chi connectivity index (χ1n) is 16.3. The molecule has 49 heavy (non-hydrogen) atoms. The summed E-state index contributed by atoms with van der Waals surface area (Å²) in [7, 11) is 0. The number of carboxylic acids is 1. The second kappa shape index (κ2) is 16.7. The molecule has 5 aromatic carbocycles. The van der Waals surface area contributed by atoms with Gasteiger partial charge < -0.3 is 15.2 Å². The van der Waals surface area contributed by atoms with E-state index in [0.29, 0.717) is 34.1 Å². The number of benzene rings is 5. The summed E-state index contributed by atoms with van der Waals surface area (Å²) in [6.45, 7) is 2.39. The molecule has 8 heteroatoms. The third kappa shape index (κ3) is 9.51. The molecule has 0 aromatic heterocycles. The Morgan fingerprint density at radius 3 is 1.92 bits per heavy atom. The van der Waals surface area contributed by atoms with Crippen LogP contribution in [-0.4, -0.2) is 33.7 Å². The van der Waals surface area contributed by atoms with Gasteiger partial charge in [-0.25, -0.2) is 4.79 Å². The normalized spacial score (nSPS) is 10.6. The highest BCUT2D eigenvalue weighted by Crippen LogP contribution is 2.24. The minimum Gasteiger partial charge on any atom is -0.474 e. The van der Waals surface area contributed by atoms with E-state index in [4.69, 9.17) is 4.74 Å². The number of hydrogen-bond donors (Lipinski definition) is 2. The van der Waals surface area contributed by atoms with Crippen LogP contribution < -0.4 is 10.1 Å². The molecule has 0 spiro atoms. The molecule has 0 unspecified atom stereocenters. The molecule has 2 N–H and O–H groups in total. The zero-order valence-corrected chi connectivity index (χ0v) is 27.3. The lowest BCUT2D eigenvalue weighted by atomic mass is 10.0. The number of amides is 3. The number of carboxylic acid groups (broad SMARTS) is 1. The van der Waals surface area contributed by atoms with E-state index >= 15 is 0 Å². The molecule has 0 fully saturated rings. The van der Waals surface area contributed by atoms with Gasteiger partial charge in [0.05, 0.1) is 6.54 Å². The zero-order valence-electron chi connectivity index (χ0n) is 27.3. The first kappa shape index (κ1) is 34.3. The number of imide groups is 1. The highest BCUT2D eigenvalue weighted by Gasteiger charge is 2.28. The van der Waals surface area contributed by atoms with Crippen LogP contribution in [0.2, 0.25) is 0 Å². The average molecular weight is 655 g/mol. The van der Waals surface area contributed by atoms with Gasteiger partial charge in [-0.15, -0.1) is 0 Å². The molecular formula is C41H38N2O6. The average Bonchev–Trinajstić information content (AvgIpc) is 3.14. The second-order valence-corrected chi connectivity index (χ2v) is 11.7. The number of aryl methyl sites for hydroxylation is 1. The molecule has 0 heterocycles. The van der Waals surface area contributed by atoms with Crippen molar-refractivity contribution in [1.29, 1.82) is 0 Å². The molecule has 3 amide bonds. The van der Waals surface area contributed by atoms with Crippen molar-refractivity contribution in [3.05, 3.63) is 155 Å². The lowest BCUT2D eigenvalue weighted by Gasteiger charge is -2.19. The van der Waals surface area contributed by atoms with Gasteiger partial charge >= 0.3 is 11.9 Å². The van der Waals surface area contributed by atoms with Gasteiger partial charge in [-0.3, -0.25) is 19.3 Å². The summed E-state index contributed by atoms with van der Waals surface area (Å²) >= 11 is 0. The van der Waals surface area contributed by atoms with E-state index < -0.39 is 17.8 Å². The third-order valence-corrected chi connectivity index (χ3v) is 8.05. The Morgan fingerprint density at radius 1 is 0.653 bits per heavy atom. The van der Waals surface area contributed by atoms with E-state index in [1.807, 2.05) is 42.5 Å². The molecule has 0 aliphatic rings. The smallest absolute Gasteiger partial charge is 0.395 e. The molecule has 0 radical (unpaired) electrons. The minimum atomic E-state index is -1.73. The van der Waals surface area contributed by atoms with Crippen molar-refractivity contribution in [1.82, 2.24) is 10.2 Å². The van der Waals surface area contributed by atoms with E-state index in [2.05, 4.69) is 36.5 Å². The fourth-order valence-corrected chi connectivity index (χ4v) is 5.31. The molecule has 0 aliphatic carbocycles. The summed E-state index contributed by atoms with van der Waals surface area (Å²) in [6, 6.07) is 37.9.